The normalized spacial score (nSPS) is 16.8. The summed E-state index contributed by atoms with van der Waals surface area (Å²) in [5.74, 6) is 1.31. The first-order chi connectivity index (χ1) is 9.22. The number of aromatic nitrogens is 4. The van der Waals surface area contributed by atoms with Gasteiger partial charge < -0.3 is 4.90 Å². The zero-order chi connectivity index (χ0) is 13.2. The number of hydrogen-bond acceptors (Lipinski definition) is 4. The van der Waals surface area contributed by atoms with Gasteiger partial charge in [-0.05, 0) is 18.9 Å². The first-order valence-corrected chi connectivity index (χ1v) is 6.82. The second kappa shape index (κ2) is 5.17. The van der Waals surface area contributed by atoms with Crippen molar-refractivity contribution in [2.75, 3.05) is 18.0 Å². The summed E-state index contributed by atoms with van der Waals surface area (Å²) in [4.78, 5) is 10.7. The Bertz CT molecular complexity index is 542. The highest BCUT2D eigenvalue weighted by atomic mass is 35.5. The SMILES string of the molecule is Cn1ccc(C2CCN(c3ncc(Cl)cn3)CC2)n1. The van der Waals surface area contributed by atoms with Gasteiger partial charge in [0.05, 0.1) is 23.1 Å². The first kappa shape index (κ1) is 12.4. The molecule has 2 aromatic rings. The highest BCUT2D eigenvalue weighted by Gasteiger charge is 2.23. The highest BCUT2D eigenvalue weighted by molar-refractivity contribution is 6.30. The molecule has 6 heteroatoms. The van der Waals surface area contributed by atoms with Crippen LogP contribution >= 0.6 is 11.6 Å². The van der Waals surface area contributed by atoms with Gasteiger partial charge in [0.2, 0.25) is 5.95 Å². The average Bonchev–Trinajstić information content (AvgIpc) is 2.87. The molecule has 0 spiro atoms. The summed E-state index contributed by atoms with van der Waals surface area (Å²) in [6, 6.07) is 2.11. The Labute approximate surface area is 117 Å². The molecular weight excluding hydrogens is 262 g/mol. The Morgan fingerprint density at radius 2 is 1.89 bits per heavy atom. The predicted molar refractivity (Wildman–Crippen MR) is 74.4 cm³/mol. The second-order valence-electron chi connectivity index (χ2n) is 4.88. The lowest BCUT2D eigenvalue weighted by Gasteiger charge is -2.31. The molecule has 0 saturated carbocycles. The maximum absolute atomic E-state index is 5.80. The van der Waals surface area contributed by atoms with Crippen molar-refractivity contribution < 1.29 is 0 Å². The molecule has 100 valence electrons. The van der Waals surface area contributed by atoms with Crippen LogP contribution in [0.25, 0.3) is 0 Å². The van der Waals surface area contributed by atoms with E-state index in [0.717, 1.165) is 31.9 Å². The van der Waals surface area contributed by atoms with Gasteiger partial charge in [-0.15, -0.1) is 0 Å². The summed E-state index contributed by atoms with van der Waals surface area (Å²) in [6.07, 6.45) is 7.47. The Morgan fingerprint density at radius 3 is 2.47 bits per heavy atom. The van der Waals surface area contributed by atoms with Crippen molar-refractivity contribution in [3.05, 3.63) is 35.4 Å². The summed E-state index contributed by atoms with van der Waals surface area (Å²) in [5, 5.41) is 5.07. The topological polar surface area (TPSA) is 46.8 Å². The van der Waals surface area contributed by atoms with Crippen LogP contribution < -0.4 is 4.90 Å². The quantitative estimate of drug-likeness (QED) is 0.845. The number of aryl methyl sites for hydroxylation is 1. The average molecular weight is 278 g/mol. The zero-order valence-electron chi connectivity index (χ0n) is 10.8. The van der Waals surface area contributed by atoms with Gasteiger partial charge in [0.1, 0.15) is 0 Å². The molecule has 3 rings (SSSR count). The highest BCUT2D eigenvalue weighted by Crippen LogP contribution is 2.28. The van der Waals surface area contributed by atoms with E-state index in [0.29, 0.717) is 10.9 Å². The third-order valence-electron chi connectivity index (χ3n) is 3.54. The van der Waals surface area contributed by atoms with Crippen LogP contribution in [0.1, 0.15) is 24.5 Å². The lowest BCUT2D eigenvalue weighted by atomic mass is 9.94. The standard InChI is InChI=1S/C13H16ClN5/c1-18-5-4-12(17-18)10-2-6-19(7-3-10)13-15-8-11(14)9-16-13/h4-5,8-10H,2-3,6-7H2,1H3. The van der Waals surface area contributed by atoms with E-state index in [1.807, 2.05) is 17.9 Å². The van der Waals surface area contributed by atoms with Crippen molar-refractivity contribution in [1.82, 2.24) is 19.7 Å². The van der Waals surface area contributed by atoms with Gasteiger partial charge in [0, 0.05) is 32.3 Å². The zero-order valence-corrected chi connectivity index (χ0v) is 11.6. The summed E-state index contributed by atoms with van der Waals surface area (Å²) < 4.78 is 1.87. The molecule has 0 atom stereocenters. The molecule has 0 aromatic carbocycles. The van der Waals surface area contributed by atoms with E-state index in [4.69, 9.17) is 11.6 Å². The molecule has 0 aliphatic carbocycles. The maximum atomic E-state index is 5.80. The number of nitrogens with zero attached hydrogens (tertiary/aromatic N) is 5. The third-order valence-corrected chi connectivity index (χ3v) is 3.73. The van der Waals surface area contributed by atoms with E-state index >= 15 is 0 Å². The van der Waals surface area contributed by atoms with Crippen molar-refractivity contribution >= 4 is 17.5 Å². The lowest BCUT2D eigenvalue weighted by Crippen LogP contribution is -2.34. The molecule has 1 saturated heterocycles. The fourth-order valence-electron chi connectivity index (χ4n) is 2.49. The van der Waals surface area contributed by atoms with Gasteiger partial charge in [-0.1, -0.05) is 11.6 Å². The molecule has 0 radical (unpaired) electrons. The Hall–Kier alpha value is -1.62. The van der Waals surface area contributed by atoms with Gasteiger partial charge in [-0.3, -0.25) is 4.68 Å². The number of halogens is 1. The minimum absolute atomic E-state index is 0.546. The molecule has 0 amide bonds. The van der Waals surface area contributed by atoms with Gasteiger partial charge >= 0.3 is 0 Å². The summed E-state index contributed by atoms with van der Waals surface area (Å²) in [6.45, 7) is 1.92. The van der Waals surface area contributed by atoms with Crippen molar-refractivity contribution in [1.29, 1.82) is 0 Å². The second-order valence-corrected chi connectivity index (χ2v) is 5.31. The minimum Gasteiger partial charge on any atom is -0.341 e. The van der Waals surface area contributed by atoms with Crippen molar-refractivity contribution in [2.24, 2.45) is 7.05 Å². The van der Waals surface area contributed by atoms with Crippen LogP contribution in [0.5, 0.6) is 0 Å². The molecule has 3 heterocycles. The summed E-state index contributed by atoms with van der Waals surface area (Å²) in [5.41, 5.74) is 1.19. The first-order valence-electron chi connectivity index (χ1n) is 6.44. The Morgan fingerprint density at radius 1 is 1.21 bits per heavy atom. The van der Waals surface area contributed by atoms with E-state index in [1.54, 1.807) is 12.4 Å². The molecule has 1 aliphatic rings. The van der Waals surface area contributed by atoms with E-state index in [-0.39, 0.29) is 0 Å². The molecule has 1 fully saturated rings. The lowest BCUT2D eigenvalue weighted by molar-refractivity contribution is 0.486. The van der Waals surface area contributed by atoms with Gasteiger partial charge in [-0.2, -0.15) is 5.10 Å². The van der Waals surface area contributed by atoms with Crippen LogP contribution in [-0.2, 0) is 7.05 Å². The van der Waals surface area contributed by atoms with Crippen LogP contribution in [0.3, 0.4) is 0 Å². The van der Waals surface area contributed by atoms with Gasteiger partial charge in [-0.25, -0.2) is 9.97 Å². The number of piperidine rings is 1. The Balaban J connectivity index is 1.64. The van der Waals surface area contributed by atoms with E-state index in [1.165, 1.54) is 5.69 Å². The van der Waals surface area contributed by atoms with Crippen molar-refractivity contribution in [3.8, 4) is 0 Å². The Kier molecular flexibility index (Phi) is 3.38. The van der Waals surface area contributed by atoms with Crippen LogP contribution in [0.4, 0.5) is 5.95 Å². The van der Waals surface area contributed by atoms with E-state index in [9.17, 15) is 0 Å². The summed E-state index contributed by atoms with van der Waals surface area (Å²) in [7, 11) is 1.96. The molecular formula is C13H16ClN5. The molecule has 0 unspecified atom stereocenters. The van der Waals surface area contributed by atoms with Gasteiger partial charge in [0.15, 0.2) is 0 Å². The monoisotopic (exact) mass is 277 g/mol. The predicted octanol–water partition coefficient (Wildman–Crippen LogP) is 2.25. The largest absolute Gasteiger partial charge is 0.341 e. The molecule has 1 aliphatic heterocycles. The number of hydrogen-bond donors (Lipinski definition) is 0. The maximum Gasteiger partial charge on any atom is 0.225 e. The summed E-state index contributed by atoms with van der Waals surface area (Å²) >= 11 is 5.80. The third kappa shape index (κ3) is 2.71. The molecule has 0 N–H and O–H groups in total. The van der Waals surface area contributed by atoms with Gasteiger partial charge in [0.25, 0.3) is 0 Å². The van der Waals surface area contributed by atoms with Crippen LogP contribution in [0.15, 0.2) is 24.7 Å². The molecule has 19 heavy (non-hydrogen) atoms. The smallest absolute Gasteiger partial charge is 0.225 e. The van der Waals surface area contributed by atoms with Crippen molar-refractivity contribution in [2.45, 2.75) is 18.8 Å². The fraction of sp³-hybridized carbons (Fsp3) is 0.462. The number of rotatable bonds is 2. The van der Waals surface area contributed by atoms with Crippen LogP contribution in [-0.4, -0.2) is 32.8 Å². The van der Waals surface area contributed by atoms with Crippen LogP contribution in [0, 0.1) is 0 Å². The molecule has 5 nitrogen and oxygen atoms in total. The van der Waals surface area contributed by atoms with Crippen LogP contribution in [0.2, 0.25) is 5.02 Å². The van der Waals surface area contributed by atoms with E-state index < -0.39 is 0 Å². The molecule has 0 bridgehead atoms. The molecule has 2 aromatic heterocycles. The fourth-order valence-corrected chi connectivity index (χ4v) is 2.59. The number of anilines is 1. The minimum atomic E-state index is 0.546. The van der Waals surface area contributed by atoms with Crippen molar-refractivity contribution in [3.63, 3.8) is 0 Å². The van der Waals surface area contributed by atoms with E-state index in [2.05, 4.69) is 26.0 Å².